The van der Waals surface area contributed by atoms with Crippen molar-refractivity contribution in [3.05, 3.63) is 70.3 Å². The third kappa shape index (κ3) is 3.53. The van der Waals surface area contributed by atoms with Crippen LogP contribution in [0, 0.1) is 6.92 Å². The van der Waals surface area contributed by atoms with E-state index in [0.717, 1.165) is 5.69 Å². The SMILES string of the molecule is COc1c(Cl)cc(-n2c(C)ccc2NS(=O)(=O)c2ccccc2)cc1Cl. The second-order valence-corrected chi connectivity index (χ2v) is 8.05. The average molecular weight is 411 g/mol. The zero-order chi connectivity index (χ0) is 18.9. The highest BCUT2D eigenvalue weighted by Gasteiger charge is 2.18. The number of nitrogens with one attached hydrogen (secondary N) is 1. The van der Waals surface area contributed by atoms with E-state index in [1.165, 1.54) is 19.2 Å². The van der Waals surface area contributed by atoms with Gasteiger partial charge in [0.15, 0.2) is 5.75 Å². The van der Waals surface area contributed by atoms with Crippen LogP contribution in [0.3, 0.4) is 0 Å². The van der Waals surface area contributed by atoms with Gasteiger partial charge in [0.25, 0.3) is 10.0 Å². The van der Waals surface area contributed by atoms with Crippen molar-refractivity contribution >= 4 is 39.0 Å². The summed E-state index contributed by atoms with van der Waals surface area (Å²) in [6.07, 6.45) is 0. The van der Waals surface area contributed by atoms with E-state index in [9.17, 15) is 8.42 Å². The number of aromatic nitrogens is 1. The van der Waals surface area contributed by atoms with Crippen LogP contribution < -0.4 is 9.46 Å². The number of anilines is 1. The number of hydrogen-bond donors (Lipinski definition) is 1. The van der Waals surface area contributed by atoms with Crippen molar-refractivity contribution in [2.45, 2.75) is 11.8 Å². The summed E-state index contributed by atoms with van der Waals surface area (Å²) in [6, 6.07) is 15.0. The highest BCUT2D eigenvalue weighted by molar-refractivity contribution is 7.92. The standard InChI is InChI=1S/C18H16Cl2N2O3S/c1-12-8-9-17(21-26(23,24)14-6-4-3-5-7-14)22(12)13-10-15(19)18(25-2)16(20)11-13/h3-11,21H,1-2H3. The average Bonchev–Trinajstić information content (AvgIpc) is 2.95. The first-order valence-electron chi connectivity index (χ1n) is 7.63. The van der Waals surface area contributed by atoms with Gasteiger partial charge >= 0.3 is 0 Å². The number of benzene rings is 2. The van der Waals surface area contributed by atoms with E-state index in [-0.39, 0.29) is 4.90 Å². The van der Waals surface area contributed by atoms with Crippen LogP contribution in [0.4, 0.5) is 5.82 Å². The first-order chi connectivity index (χ1) is 12.3. The van der Waals surface area contributed by atoms with Gasteiger partial charge in [-0.05, 0) is 43.3 Å². The Kier molecular flexibility index (Phi) is 5.18. The fourth-order valence-electron chi connectivity index (χ4n) is 2.63. The number of aryl methyl sites for hydroxylation is 1. The topological polar surface area (TPSA) is 60.3 Å². The monoisotopic (exact) mass is 410 g/mol. The molecule has 5 nitrogen and oxygen atoms in total. The third-order valence-electron chi connectivity index (χ3n) is 3.81. The highest BCUT2D eigenvalue weighted by Crippen LogP contribution is 2.36. The number of hydrogen-bond acceptors (Lipinski definition) is 3. The molecule has 3 aromatic rings. The fraction of sp³-hybridized carbons (Fsp3) is 0.111. The van der Waals surface area contributed by atoms with Gasteiger partial charge in [-0.25, -0.2) is 8.42 Å². The van der Waals surface area contributed by atoms with Gasteiger partial charge in [0.2, 0.25) is 0 Å². The Morgan fingerprint density at radius 2 is 1.62 bits per heavy atom. The summed E-state index contributed by atoms with van der Waals surface area (Å²) in [4.78, 5) is 0.177. The molecule has 0 spiro atoms. The summed E-state index contributed by atoms with van der Waals surface area (Å²) in [6.45, 7) is 1.85. The molecular formula is C18H16Cl2N2O3S. The van der Waals surface area contributed by atoms with Crippen molar-refractivity contribution in [3.8, 4) is 11.4 Å². The lowest BCUT2D eigenvalue weighted by Gasteiger charge is -2.16. The van der Waals surface area contributed by atoms with Crippen molar-refractivity contribution in [2.75, 3.05) is 11.8 Å². The summed E-state index contributed by atoms with van der Waals surface area (Å²) in [5, 5.41) is 0.667. The summed E-state index contributed by atoms with van der Waals surface area (Å²) in [5.74, 6) is 0.747. The molecule has 0 aliphatic heterocycles. The number of methoxy groups -OCH3 is 1. The predicted molar refractivity (Wildman–Crippen MR) is 104 cm³/mol. The molecule has 0 radical (unpaired) electrons. The minimum Gasteiger partial charge on any atom is -0.494 e. The van der Waals surface area contributed by atoms with Crippen LogP contribution in [-0.2, 0) is 10.0 Å². The molecule has 0 saturated carbocycles. The van der Waals surface area contributed by atoms with E-state index in [1.54, 1.807) is 47.0 Å². The molecule has 26 heavy (non-hydrogen) atoms. The van der Waals surface area contributed by atoms with Gasteiger partial charge in [-0.2, -0.15) is 0 Å². The predicted octanol–water partition coefficient (Wildman–Crippen LogP) is 4.90. The number of ether oxygens (including phenoxy) is 1. The quantitative estimate of drug-likeness (QED) is 0.650. The minimum atomic E-state index is -3.73. The first-order valence-corrected chi connectivity index (χ1v) is 9.87. The molecule has 0 unspecified atom stereocenters. The molecule has 8 heteroatoms. The van der Waals surface area contributed by atoms with Gasteiger partial charge in [0.1, 0.15) is 5.82 Å². The zero-order valence-corrected chi connectivity index (χ0v) is 16.4. The lowest BCUT2D eigenvalue weighted by Crippen LogP contribution is -2.15. The Hall–Kier alpha value is -2.15. The molecule has 1 N–H and O–H groups in total. The lowest BCUT2D eigenvalue weighted by molar-refractivity contribution is 0.415. The highest BCUT2D eigenvalue weighted by atomic mass is 35.5. The van der Waals surface area contributed by atoms with Crippen molar-refractivity contribution in [1.29, 1.82) is 0 Å². The zero-order valence-electron chi connectivity index (χ0n) is 14.0. The van der Waals surface area contributed by atoms with Gasteiger partial charge in [-0.15, -0.1) is 0 Å². The second-order valence-electron chi connectivity index (χ2n) is 5.56. The van der Waals surface area contributed by atoms with E-state index in [2.05, 4.69) is 4.72 Å². The number of halogens is 2. The Bertz CT molecular complexity index is 1020. The third-order valence-corrected chi connectivity index (χ3v) is 5.75. The van der Waals surface area contributed by atoms with Gasteiger partial charge in [0, 0.05) is 5.69 Å². The van der Waals surface area contributed by atoms with Gasteiger partial charge in [0.05, 0.1) is 27.7 Å². The van der Waals surface area contributed by atoms with Crippen LogP contribution in [0.2, 0.25) is 10.0 Å². The smallest absolute Gasteiger partial charge is 0.263 e. The molecule has 0 aliphatic carbocycles. The van der Waals surface area contributed by atoms with E-state index in [1.807, 2.05) is 6.92 Å². The van der Waals surface area contributed by atoms with Crippen molar-refractivity contribution < 1.29 is 13.2 Å². The van der Waals surface area contributed by atoms with E-state index >= 15 is 0 Å². The molecule has 0 atom stereocenters. The molecule has 2 aromatic carbocycles. The molecule has 136 valence electrons. The molecule has 3 rings (SSSR count). The molecule has 0 bridgehead atoms. The summed E-state index contributed by atoms with van der Waals surface area (Å²) >= 11 is 12.4. The summed E-state index contributed by atoms with van der Waals surface area (Å²) < 4.78 is 34.8. The Morgan fingerprint density at radius 1 is 1.00 bits per heavy atom. The van der Waals surface area contributed by atoms with Crippen LogP contribution in [0.1, 0.15) is 5.69 Å². The maximum atomic E-state index is 12.6. The Balaban J connectivity index is 2.06. The van der Waals surface area contributed by atoms with Crippen molar-refractivity contribution in [3.63, 3.8) is 0 Å². The van der Waals surface area contributed by atoms with Crippen LogP contribution >= 0.6 is 23.2 Å². The first kappa shape index (κ1) is 18.6. The fourth-order valence-corrected chi connectivity index (χ4v) is 4.33. The van der Waals surface area contributed by atoms with E-state index in [0.29, 0.717) is 27.3 Å². The number of nitrogens with zero attached hydrogens (tertiary/aromatic N) is 1. The van der Waals surface area contributed by atoms with Crippen molar-refractivity contribution in [2.24, 2.45) is 0 Å². The van der Waals surface area contributed by atoms with E-state index in [4.69, 9.17) is 27.9 Å². The van der Waals surface area contributed by atoms with Crippen LogP contribution in [0.5, 0.6) is 5.75 Å². The van der Waals surface area contributed by atoms with Gasteiger partial charge < -0.3 is 9.30 Å². The number of sulfonamides is 1. The van der Waals surface area contributed by atoms with E-state index < -0.39 is 10.0 Å². The molecule has 0 fully saturated rings. The van der Waals surface area contributed by atoms with Crippen molar-refractivity contribution in [1.82, 2.24) is 4.57 Å². The molecular weight excluding hydrogens is 395 g/mol. The maximum absolute atomic E-state index is 12.6. The molecule has 1 aromatic heterocycles. The lowest BCUT2D eigenvalue weighted by atomic mass is 10.3. The minimum absolute atomic E-state index is 0.177. The molecule has 0 aliphatic rings. The summed E-state index contributed by atoms with van der Waals surface area (Å²) in [5.41, 5.74) is 1.43. The van der Waals surface area contributed by atoms with Crippen LogP contribution in [0.25, 0.3) is 5.69 Å². The molecule has 0 saturated heterocycles. The Morgan fingerprint density at radius 3 is 2.19 bits per heavy atom. The van der Waals surface area contributed by atoms with Gasteiger partial charge in [-0.3, -0.25) is 4.72 Å². The maximum Gasteiger partial charge on any atom is 0.263 e. The van der Waals surface area contributed by atoms with Crippen LogP contribution in [0.15, 0.2) is 59.5 Å². The largest absolute Gasteiger partial charge is 0.494 e. The molecule has 0 amide bonds. The van der Waals surface area contributed by atoms with Crippen LogP contribution in [-0.4, -0.2) is 20.1 Å². The second kappa shape index (κ2) is 7.23. The number of rotatable bonds is 5. The van der Waals surface area contributed by atoms with Gasteiger partial charge in [-0.1, -0.05) is 41.4 Å². The Labute approximate surface area is 162 Å². The summed E-state index contributed by atoms with van der Waals surface area (Å²) in [7, 11) is -2.25. The normalized spacial score (nSPS) is 11.4. The molecule has 1 heterocycles.